The highest BCUT2D eigenvalue weighted by molar-refractivity contribution is 7.89. The molecule has 2 rings (SSSR count). The van der Waals surface area contributed by atoms with Crippen LogP contribution in [0.3, 0.4) is 0 Å². The van der Waals surface area contributed by atoms with Gasteiger partial charge in [-0.1, -0.05) is 0 Å². The zero-order valence-electron chi connectivity index (χ0n) is 8.75. The monoisotopic (exact) mass is 273 g/mol. The van der Waals surface area contributed by atoms with Crippen LogP contribution < -0.4 is 10.5 Å². The highest BCUT2D eigenvalue weighted by Crippen LogP contribution is 2.12. The molecule has 0 saturated heterocycles. The molecule has 0 radical (unpaired) electrons. The van der Waals surface area contributed by atoms with Crippen LogP contribution in [0, 0.1) is 0 Å². The Balaban J connectivity index is 2.14. The van der Waals surface area contributed by atoms with Crippen LogP contribution in [0.4, 0.5) is 0 Å². The predicted molar refractivity (Wildman–Crippen MR) is 62.6 cm³/mol. The van der Waals surface area contributed by atoms with Gasteiger partial charge in [0.15, 0.2) is 5.03 Å². The van der Waals surface area contributed by atoms with E-state index in [0.29, 0.717) is 5.56 Å². The molecule has 2 aromatic heterocycles. The van der Waals surface area contributed by atoms with Gasteiger partial charge in [0.2, 0.25) is 0 Å². The number of nitrogens with one attached hydrogen (secondary N) is 2. The van der Waals surface area contributed by atoms with E-state index in [1.54, 1.807) is 11.7 Å². The minimum absolute atomic E-state index is 0.0181. The summed E-state index contributed by atoms with van der Waals surface area (Å²) in [6.45, 7) is 0.323. The number of H-pyrrole nitrogens is 1. The van der Waals surface area contributed by atoms with Gasteiger partial charge in [-0.05, 0) is 0 Å². The molecule has 0 saturated carbocycles. The summed E-state index contributed by atoms with van der Waals surface area (Å²) in [5.41, 5.74) is 7.53. The minimum Gasteiger partial charge on any atom is -0.326 e. The Hall–Kier alpha value is -1.29. The lowest BCUT2D eigenvalue weighted by Crippen LogP contribution is -2.24. The lowest BCUT2D eigenvalue weighted by atomic mass is 10.4. The summed E-state index contributed by atoms with van der Waals surface area (Å²) in [5.74, 6) is 0. The first kappa shape index (κ1) is 12.2. The number of aromatic amines is 1. The van der Waals surface area contributed by atoms with Gasteiger partial charge in [0.05, 0.1) is 11.7 Å². The van der Waals surface area contributed by atoms with E-state index in [4.69, 9.17) is 5.73 Å². The standard InChI is InChI=1S/C8H11N5O2S2/c9-1-6-2-11-13-8(6)17(14,15)12-4-7-3-10-5-16-7/h2-3,5,12H,1,4,9H2,(H,11,13). The van der Waals surface area contributed by atoms with Crippen molar-refractivity contribution in [1.82, 2.24) is 19.9 Å². The molecule has 92 valence electrons. The molecule has 0 unspecified atom stereocenters. The Labute approximate surface area is 102 Å². The molecule has 7 nitrogen and oxygen atoms in total. The first-order valence-electron chi connectivity index (χ1n) is 4.73. The van der Waals surface area contributed by atoms with Crippen LogP contribution in [0.5, 0.6) is 0 Å². The van der Waals surface area contributed by atoms with Crippen molar-refractivity contribution >= 4 is 21.4 Å². The zero-order chi connectivity index (χ0) is 12.3. The summed E-state index contributed by atoms with van der Waals surface area (Å²) < 4.78 is 26.3. The fourth-order valence-corrected chi connectivity index (χ4v) is 3.01. The van der Waals surface area contributed by atoms with Gasteiger partial charge in [-0.2, -0.15) is 5.10 Å². The van der Waals surface area contributed by atoms with Gasteiger partial charge < -0.3 is 5.73 Å². The summed E-state index contributed by atoms with van der Waals surface area (Å²) in [7, 11) is -3.60. The Kier molecular flexibility index (Phi) is 3.52. The van der Waals surface area contributed by atoms with Crippen LogP contribution in [0.2, 0.25) is 0 Å². The number of rotatable bonds is 5. The molecule has 2 aromatic rings. The smallest absolute Gasteiger partial charge is 0.258 e. The van der Waals surface area contributed by atoms with Crippen LogP contribution in [-0.2, 0) is 23.1 Å². The third-order valence-electron chi connectivity index (χ3n) is 2.09. The fraction of sp³-hybridized carbons (Fsp3) is 0.250. The van der Waals surface area contributed by atoms with Crippen molar-refractivity contribution in [1.29, 1.82) is 0 Å². The topological polar surface area (TPSA) is 114 Å². The maximum Gasteiger partial charge on any atom is 0.258 e. The lowest BCUT2D eigenvalue weighted by Gasteiger charge is -2.04. The van der Waals surface area contributed by atoms with Gasteiger partial charge in [-0.25, -0.2) is 13.1 Å². The van der Waals surface area contributed by atoms with E-state index in [-0.39, 0.29) is 18.1 Å². The average molecular weight is 273 g/mol. The zero-order valence-corrected chi connectivity index (χ0v) is 10.4. The number of aromatic nitrogens is 3. The first-order chi connectivity index (χ1) is 8.13. The van der Waals surface area contributed by atoms with E-state index < -0.39 is 10.0 Å². The Bertz CT molecular complexity index is 575. The number of nitrogens with zero attached hydrogens (tertiary/aromatic N) is 2. The lowest BCUT2D eigenvalue weighted by molar-refractivity contribution is 0.576. The number of nitrogens with two attached hydrogens (primary N) is 1. The molecule has 0 aliphatic carbocycles. The van der Waals surface area contributed by atoms with Gasteiger partial charge in [0, 0.05) is 29.7 Å². The second-order valence-electron chi connectivity index (χ2n) is 3.22. The maximum atomic E-state index is 11.9. The Morgan fingerprint density at radius 3 is 2.94 bits per heavy atom. The molecule has 0 aliphatic rings. The summed E-state index contributed by atoms with van der Waals surface area (Å²) >= 11 is 1.38. The van der Waals surface area contributed by atoms with Crippen LogP contribution in [0.15, 0.2) is 22.9 Å². The molecule has 0 aliphatic heterocycles. The fourth-order valence-electron chi connectivity index (χ4n) is 1.25. The maximum absolute atomic E-state index is 11.9. The van der Waals surface area contributed by atoms with Gasteiger partial charge in [0.1, 0.15) is 0 Å². The molecule has 0 atom stereocenters. The van der Waals surface area contributed by atoms with Crippen LogP contribution >= 0.6 is 11.3 Å². The van der Waals surface area contributed by atoms with Crippen LogP contribution in [0.1, 0.15) is 10.4 Å². The Morgan fingerprint density at radius 1 is 1.47 bits per heavy atom. The van der Waals surface area contributed by atoms with E-state index in [2.05, 4.69) is 19.9 Å². The van der Waals surface area contributed by atoms with Crippen molar-refractivity contribution in [3.05, 3.63) is 28.3 Å². The average Bonchev–Trinajstić information content (AvgIpc) is 2.97. The van der Waals surface area contributed by atoms with Crippen molar-refractivity contribution in [2.75, 3.05) is 0 Å². The summed E-state index contributed by atoms with van der Waals surface area (Å²) in [6, 6.07) is 0. The summed E-state index contributed by atoms with van der Waals surface area (Å²) in [6.07, 6.45) is 3.02. The largest absolute Gasteiger partial charge is 0.326 e. The van der Waals surface area contributed by atoms with E-state index in [1.807, 2.05) is 0 Å². The SMILES string of the molecule is NCc1cn[nH]c1S(=O)(=O)NCc1cncs1. The number of hydrogen-bond acceptors (Lipinski definition) is 6. The molecular formula is C8H11N5O2S2. The molecule has 0 amide bonds. The van der Waals surface area contributed by atoms with Crippen LogP contribution in [0.25, 0.3) is 0 Å². The first-order valence-corrected chi connectivity index (χ1v) is 7.09. The van der Waals surface area contributed by atoms with Gasteiger partial charge >= 0.3 is 0 Å². The van der Waals surface area contributed by atoms with Crippen molar-refractivity contribution in [3.63, 3.8) is 0 Å². The highest BCUT2D eigenvalue weighted by atomic mass is 32.2. The highest BCUT2D eigenvalue weighted by Gasteiger charge is 2.19. The quantitative estimate of drug-likeness (QED) is 0.698. The third-order valence-corrected chi connectivity index (χ3v) is 4.28. The van der Waals surface area contributed by atoms with Crippen molar-refractivity contribution in [2.45, 2.75) is 18.1 Å². The molecular weight excluding hydrogens is 262 g/mol. The van der Waals surface area contributed by atoms with Crippen LogP contribution in [-0.4, -0.2) is 23.6 Å². The van der Waals surface area contributed by atoms with E-state index in [1.165, 1.54) is 17.5 Å². The number of sulfonamides is 1. The summed E-state index contributed by atoms with van der Waals surface area (Å²) in [4.78, 5) is 4.70. The second kappa shape index (κ2) is 4.92. The van der Waals surface area contributed by atoms with Crippen molar-refractivity contribution < 1.29 is 8.42 Å². The van der Waals surface area contributed by atoms with Gasteiger partial charge in [0.25, 0.3) is 10.0 Å². The molecule has 2 heterocycles. The third kappa shape index (κ3) is 2.69. The van der Waals surface area contributed by atoms with E-state index in [0.717, 1.165) is 4.88 Å². The summed E-state index contributed by atoms with van der Waals surface area (Å²) in [5, 5.41) is 6.12. The number of hydrogen-bond donors (Lipinski definition) is 3. The van der Waals surface area contributed by atoms with Crippen molar-refractivity contribution in [3.8, 4) is 0 Å². The second-order valence-corrected chi connectivity index (χ2v) is 5.90. The van der Waals surface area contributed by atoms with Gasteiger partial charge in [-0.3, -0.25) is 10.1 Å². The molecule has 0 spiro atoms. The molecule has 0 fully saturated rings. The molecule has 9 heteroatoms. The van der Waals surface area contributed by atoms with E-state index >= 15 is 0 Å². The van der Waals surface area contributed by atoms with E-state index in [9.17, 15) is 8.42 Å². The number of thiazole rings is 1. The molecule has 0 bridgehead atoms. The van der Waals surface area contributed by atoms with Crippen molar-refractivity contribution in [2.24, 2.45) is 5.73 Å². The molecule has 17 heavy (non-hydrogen) atoms. The molecule has 0 aromatic carbocycles. The van der Waals surface area contributed by atoms with Gasteiger partial charge in [-0.15, -0.1) is 11.3 Å². The Morgan fingerprint density at radius 2 is 2.29 bits per heavy atom. The minimum atomic E-state index is -3.60. The predicted octanol–water partition coefficient (Wildman–Crippen LogP) is -0.197. The molecule has 4 N–H and O–H groups in total. The normalized spacial score (nSPS) is 11.8.